The summed E-state index contributed by atoms with van der Waals surface area (Å²) in [6, 6.07) is 10.1. The van der Waals surface area contributed by atoms with Gasteiger partial charge in [-0.3, -0.25) is 0 Å². The largest absolute Gasteiger partial charge is 0.466 e. The average Bonchev–Trinajstić information content (AvgIpc) is 2.95. The van der Waals surface area contributed by atoms with Crippen LogP contribution in [0.1, 0.15) is 65.4 Å². The van der Waals surface area contributed by atoms with Crippen molar-refractivity contribution in [1.82, 2.24) is 0 Å². The number of hydrogen-bond acceptors (Lipinski definition) is 7. The van der Waals surface area contributed by atoms with Crippen LogP contribution in [0.25, 0.3) is 0 Å². The number of allylic oxidation sites excluding steroid dienone is 1. The van der Waals surface area contributed by atoms with E-state index in [1.54, 1.807) is 13.2 Å². The van der Waals surface area contributed by atoms with E-state index in [4.69, 9.17) is 28.4 Å². The van der Waals surface area contributed by atoms with Gasteiger partial charge in [0.05, 0.1) is 25.9 Å². The van der Waals surface area contributed by atoms with Crippen LogP contribution in [0.3, 0.4) is 0 Å². The third-order valence-corrected chi connectivity index (χ3v) is 6.99. The molecule has 2 rings (SSSR count). The molecule has 0 amide bonds. The van der Waals surface area contributed by atoms with Crippen molar-refractivity contribution < 1.29 is 33.2 Å². The van der Waals surface area contributed by atoms with E-state index in [0.717, 1.165) is 43.2 Å². The highest BCUT2D eigenvalue weighted by molar-refractivity contribution is 5.82. The van der Waals surface area contributed by atoms with Gasteiger partial charge in [-0.25, -0.2) is 4.79 Å². The Balaban J connectivity index is 1.87. The number of esters is 1. The van der Waals surface area contributed by atoms with Crippen LogP contribution in [0.15, 0.2) is 66.3 Å². The topological polar surface area (TPSA) is 72.5 Å². The van der Waals surface area contributed by atoms with Crippen LogP contribution in [0.2, 0.25) is 0 Å². The second kappa shape index (κ2) is 18.1. The Labute approximate surface area is 235 Å². The summed E-state index contributed by atoms with van der Waals surface area (Å²) in [5.74, 6) is -0.0567. The summed E-state index contributed by atoms with van der Waals surface area (Å²) < 4.78 is 34.1. The molecule has 0 aromatic heterocycles. The number of ether oxygens (including phenoxy) is 6. The van der Waals surface area contributed by atoms with E-state index in [9.17, 15) is 4.79 Å². The molecule has 1 saturated heterocycles. The van der Waals surface area contributed by atoms with E-state index in [0.29, 0.717) is 19.1 Å². The normalized spacial score (nSPS) is 20.6. The summed E-state index contributed by atoms with van der Waals surface area (Å²) in [7, 11) is 3.04. The van der Waals surface area contributed by atoms with Crippen LogP contribution < -0.4 is 0 Å². The molecule has 1 aliphatic heterocycles. The molecule has 39 heavy (non-hydrogen) atoms. The minimum Gasteiger partial charge on any atom is -0.466 e. The predicted molar refractivity (Wildman–Crippen MR) is 153 cm³/mol. The van der Waals surface area contributed by atoms with Crippen LogP contribution in [-0.2, 0) is 39.8 Å². The lowest BCUT2D eigenvalue weighted by atomic mass is 9.98. The maximum atomic E-state index is 11.7. The van der Waals surface area contributed by atoms with Crippen molar-refractivity contribution in [2.24, 2.45) is 5.92 Å². The van der Waals surface area contributed by atoms with Crippen molar-refractivity contribution in [1.29, 1.82) is 0 Å². The van der Waals surface area contributed by atoms with Gasteiger partial charge in [-0.2, -0.15) is 0 Å². The Morgan fingerprint density at radius 3 is 2.59 bits per heavy atom. The highest BCUT2D eigenvalue weighted by Gasteiger charge is 2.26. The third kappa shape index (κ3) is 13.1. The predicted octanol–water partition coefficient (Wildman–Crippen LogP) is 6.53. The van der Waals surface area contributed by atoms with E-state index in [1.807, 2.05) is 49.4 Å². The lowest BCUT2D eigenvalue weighted by Crippen LogP contribution is -2.34. The number of hydrogen-bond donors (Lipinski definition) is 0. The van der Waals surface area contributed by atoms with E-state index < -0.39 is 11.6 Å². The zero-order valence-corrected chi connectivity index (χ0v) is 24.6. The second-order valence-electron chi connectivity index (χ2n) is 10.3. The van der Waals surface area contributed by atoms with Crippen molar-refractivity contribution in [3.05, 3.63) is 71.8 Å². The summed E-state index contributed by atoms with van der Waals surface area (Å²) in [5.41, 5.74) is 1.39. The minimum atomic E-state index is -0.850. The molecule has 0 aliphatic carbocycles. The summed E-state index contributed by atoms with van der Waals surface area (Å²) in [6.07, 6.45) is 13.5. The zero-order chi connectivity index (χ0) is 28.5. The fourth-order valence-corrected chi connectivity index (χ4v) is 4.20. The van der Waals surface area contributed by atoms with Gasteiger partial charge >= 0.3 is 5.97 Å². The fourth-order valence-electron chi connectivity index (χ4n) is 4.20. The van der Waals surface area contributed by atoms with Gasteiger partial charge in [0.2, 0.25) is 0 Å². The van der Waals surface area contributed by atoms with Gasteiger partial charge in [0, 0.05) is 19.8 Å². The van der Waals surface area contributed by atoms with E-state index in [2.05, 4.69) is 26.8 Å². The second-order valence-corrected chi connectivity index (χ2v) is 10.3. The van der Waals surface area contributed by atoms with Gasteiger partial charge in [0.1, 0.15) is 12.4 Å². The fraction of sp³-hybridized carbons (Fsp3) is 0.594. The van der Waals surface area contributed by atoms with Gasteiger partial charge in [0.25, 0.3) is 0 Å². The molecule has 1 aromatic rings. The lowest BCUT2D eigenvalue weighted by molar-refractivity contribution is -0.194. The van der Waals surface area contributed by atoms with Crippen LogP contribution >= 0.6 is 0 Å². The maximum absolute atomic E-state index is 11.7. The third-order valence-electron chi connectivity index (χ3n) is 6.99. The molecule has 1 fully saturated rings. The molecule has 1 heterocycles. The Hall–Kier alpha value is -2.29. The maximum Gasteiger partial charge on any atom is 0.330 e. The number of rotatable bonds is 17. The standard InChI is InChI=1S/C32H48O7/c1-25(27(3)38-24-36-23-28-15-8-7-9-16-28)13-12-14-26(2)29(34-5)18-20-32(4,21-19-30(33)35-6)39-31-17-10-11-22-37-31/h7-9,14-16,18-21,25,27,29,31H,10-13,17,22-24H2,1-6H3/b20-18+,21-19+,26-14+/t25-,27+,29-,31?,32+/m0/s1. The van der Waals surface area contributed by atoms with Crippen molar-refractivity contribution >= 4 is 5.97 Å². The first kappa shape index (κ1) is 32.9. The molecule has 5 atom stereocenters. The molecule has 0 bridgehead atoms. The first-order valence-corrected chi connectivity index (χ1v) is 13.9. The molecule has 7 heteroatoms. The summed E-state index contributed by atoms with van der Waals surface area (Å²) >= 11 is 0. The van der Waals surface area contributed by atoms with Crippen LogP contribution in [0.5, 0.6) is 0 Å². The van der Waals surface area contributed by atoms with Crippen LogP contribution in [0, 0.1) is 5.92 Å². The highest BCUT2D eigenvalue weighted by atomic mass is 16.7. The Kier molecular flexibility index (Phi) is 15.3. The van der Waals surface area contributed by atoms with Crippen LogP contribution in [-0.4, -0.2) is 57.7 Å². The molecule has 0 N–H and O–H groups in total. The molecule has 0 saturated carbocycles. The SMILES string of the molecule is COC(=O)/C=C/[C@@](C)(/C=C/[C@H](OC)/C(C)=C/CC[C@H](C)[C@@H](C)OCOCc1ccccc1)OC1CCCCO1. The van der Waals surface area contributed by atoms with Gasteiger partial charge < -0.3 is 28.4 Å². The van der Waals surface area contributed by atoms with E-state index >= 15 is 0 Å². The highest BCUT2D eigenvalue weighted by Crippen LogP contribution is 2.25. The number of benzene rings is 1. The lowest BCUT2D eigenvalue weighted by Gasteiger charge is -2.31. The van der Waals surface area contributed by atoms with E-state index in [-0.39, 0.29) is 25.3 Å². The first-order valence-electron chi connectivity index (χ1n) is 13.9. The zero-order valence-electron chi connectivity index (χ0n) is 24.6. The molecule has 0 spiro atoms. The van der Waals surface area contributed by atoms with E-state index in [1.165, 1.54) is 13.2 Å². The van der Waals surface area contributed by atoms with Crippen molar-refractivity contribution in [3.8, 4) is 0 Å². The average molecular weight is 545 g/mol. The van der Waals surface area contributed by atoms with Gasteiger partial charge in [-0.1, -0.05) is 55.5 Å². The monoisotopic (exact) mass is 544 g/mol. The number of methoxy groups -OCH3 is 2. The number of carbonyl (C=O) groups excluding carboxylic acids is 1. The van der Waals surface area contributed by atoms with Gasteiger partial charge in [0.15, 0.2) is 6.29 Å². The molecule has 7 nitrogen and oxygen atoms in total. The molecule has 218 valence electrons. The molecule has 0 radical (unpaired) electrons. The van der Waals surface area contributed by atoms with Gasteiger partial charge in [-0.15, -0.1) is 0 Å². The van der Waals surface area contributed by atoms with Crippen molar-refractivity contribution in [2.75, 3.05) is 27.6 Å². The molecule has 1 unspecified atom stereocenters. The summed E-state index contributed by atoms with van der Waals surface area (Å²) in [4.78, 5) is 11.7. The van der Waals surface area contributed by atoms with Gasteiger partial charge in [-0.05, 0) is 76.0 Å². The Morgan fingerprint density at radius 1 is 1.15 bits per heavy atom. The summed E-state index contributed by atoms with van der Waals surface area (Å²) in [5, 5.41) is 0. The van der Waals surface area contributed by atoms with Crippen LogP contribution in [0.4, 0.5) is 0 Å². The molecular weight excluding hydrogens is 496 g/mol. The number of carbonyl (C=O) groups is 1. The smallest absolute Gasteiger partial charge is 0.330 e. The molecule has 1 aromatic carbocycles. The van der Waals surface area contributed by atoms with Crippen molar-refractivity contribution in [2.45, 2.75) is 90.5 Å². The van der Waals surface area contributed by atoms with Crippen molar-refractivity contribution in [3.63, 3.8) is 0 Å². The quantitative estimate of drug-likeness (QED) is 0.0726. The minimum absolute atomic E-state index is 0.0917. The first-order chi connectivity index (χ1) is 18.8. The Morgan fingerprint density at radius 2 is 1.92 bits per heavy atom. The Bertz CT molecular complexity index is 904. The summed E-state index contributed by atoms with van der Waals surface area (Å²) in [6.45, 7) is 9.76. The molecule has 1 aliphatic rings. The molecular formula is C32H48O7.